The maximum atomic E-state index is 14.1. The Bertz CT molecular complexity index is 969. The van der Waals surface area contributed by atoms with E-state index in [-0.39, 0.29) is 17.8 Å². The molecule has 0 unspecified atom stereocenters. The van der Waals surface area contributed by atoms with Crippen molar-refractivity contribution in [3.05, 3.63) is 30.1 Å². The second-order valence-corrected chi connectivity index (χ2v) is 9.38. The summed E-state index contributed by atoms with van der Waals surface area (Å²) >= 11 is 0. The highest BCUT2D eigenvalue weighted by Crippen LogP contribution is 2.29. The number of hydrogen-bond donors (Lipinski definition) is 2. The number of benzene rings is 1. The van der Waals surface area contributed by atoms with Gasteiger partial charge in [-0.05, 0) is 19.1 Å². The lowest BCUT2D eigenvalue weighted by atomic mass is 10.2. The van der Waals surface area contributed by atoms with Crippen LogP contribution in [-0.2, 0) is 14.5 Å². The van der Waals surface area contributed by atoms with Gasteiger partial charge in [-0.1, -0.05) is 6.07 Å². The molecule has 1 aromatic carbocycles. The van der Waals surface area contributed by atoms with E-state index in [0.29, 0.717) is 42.8 Å². The van der Waals surface area contributed by atoms with Crippen LogP contribution in [-0.4, -0.2) is 59.5 Å². The van der Waals surface area contributed by atoms with Crippen molar-refractivity contribution in [3.63, 3.8) is 0 Å². The Kier molecular flexibility index (Phi) is 5.99. The number of hydrogen-bond acceptors (Lipinski definition) is 8. The zero-order chi connectivity index (χ0) is 20.3. The van der Waals surface area contributed by atoms with Crippen molar-refractivity contribution in [2.24, 2.45) is 4.36 Å². The van der Waals surface area contributed by atoms with Gasteiger partial charge >= 0.3 is 0 Å². The third kappa shape index (κ3) is 4.87. The van der Waals surface area contributed by atoms with Crippen LogP contribution in [0.5, 0.6) is 0 Å². The Hall–Kier alpha value is -2.46. The number of aromatic nitrogens is 2. The molecule has 2 aromatic rings. The van der Waals surface area contributed by atoms with E-state index < -0.39 is 9.73 Å². The first-order valence-electron chi connectivity index (χ1n) is 8.91. The summed E-state index contributed by atoms with van der Waals surface area (Å²) in [5.41, 5.74) is 0.805. The number of nitrogens with zero attached hydrogens (tertiary/aromatic N) is 4. The fourth-order valence-electron chi connectivity index (χ4n) is 2.97. The van der Waals surface area contributed by atoms with Gasteiger partial charge in [-0.15, -0.1) is 0 Å². The van der Waals surface area contributed by atoms with E-state index in [0.717, 1.165) is 0 Å². The molecule has 2 N–H and O–H groups in total. The molecule has 3 rings (SSSR count). The minimum atomic E-state index is -2.41. The fourth-order valence-corrected chi connectivity index (χ4v) is 3.51. The van der Waals surface area contributed by atoms with Gasteiger partial charge in [0.15, 0.2) is 5.82 Å². The van der Waals surface area contributed by atoms with Gasteiger partial charge in [0, 0.05) is 41.9 Å². The van der Waals surface area contributed by atoms with Gasteiger partial charge in [-0.25, -0.2) is 8.60 Å². The average molecular weight is 409 g/mol. The molecular weight excluding hydrogens is 383 g/mol. The molecule has 1 saturated heterocycles. The Morgan fingerprint density at radius 2 is 2.14 bits per heavy atom. The molecule has 0 saturated carbocycles. The molecular formula is C18H25FN6O2S. The minimum absolute atomic E-state index is 0.124. The van der Waals surface area contributed by atoms with Crippen LogP contribution >= 0.6 is 0 Å². The molecule has 0 amide bonds. The highest BCUT2D eigenvalue weighted by molar-refractivity contribution is 7.92. The van der Waals surface area contributed by atoms with Gasteiger partial charge in [-0.2, -0.15) is 14.3 Å². The van der Waals surface area contributed by atoms with E-state index in [1.54, 1.807) is 37.8 Å². The van der Waals surface area contributed by atoms with Gasteiger partial charge < -0.3 is 20.3 Å². The first-order chi connectivity index (χ1) is 13.3. The third-order valence-corrected chi connectivity index (χ3v) is 4.81. The van der Waals surface area contributed by atoms with Crippen molar-refractivity contribution in [2.45, 2.75) is 13.0 Å². The Morgan fingerprint density at radius 1 is 1.36 bits per heavy atom. The number of rotatable bonds is 5. The molecule has 1 aromatic heterocycles. The van der Waals surface area contributed by atoms with E-state index in [1.165, 1.54) is 6.07 Å². The molecule has 0 bridgehead atoms. The molecule has 10 heteroatoms. The third-order valence-electron chi connectivity index (χ3n) is 4.18. The van der Waals surface area contributed by atoms with Crippen LogP contribution in [0.3, 0.4) is 0 Å². The van der Waals surface area contributed by atoms with E-state index in [2.05, 4.69) is 29.9 Å². The predicted molar refractivity (Wildman–Crippen MR) is 111 cm³/mol. The summed E-state index contributed by atoms with van der Waals surface area (Å²) in [5.74, 6) is 0.822. The van der Waals surface area contributed by atoms with Crippen LogP contribution < -0.4 is 15.5 Å². The number of ether oxygens (including phenoxy) is 1. The molecule has 0 radical (unpaired) electrons. The Balaban J connectivity index is 2.05. The van der Waals surface area contributed by atoms with Crippen LogP contribution in [0.1, 0.15) is 6.92 Å². The highest BCUT2D eigenvalue weighted by atomic mass is 32.2. The number of morpholine rings is 1. The second-order valence-electron chi connectivity index (χ2n) is 6.84. The standard InChI is InChI=1S/C18H25FN6O2S/c1-12-11-27-9-8-25(12)16-10-15(24-28(3,4)26)22-18(23-16)21-14-7-5-6-13(19)17(14)20-2/h5-7,10,12,20H,8-9,11H2,1-4H3,(H,21,22,23)/t12-/m1/s1. The molecule has 1 aliphatic rings. The Labute approximate surface area is 164 Å². The largest absolute Gasteiger partial charge is 0.384 e. The van der Waals surface area contributed by atoms with Crippen molar-refractivity contribution in [1.82, 2.24) is 9.97 Å². The normalized spacial score (nSPS) is 17.3. The molecule has 1 aliphatic heterocycles. The van der Waals surface area contributed by atoms with E-state index in [1.807, 2.05) is 6.92 Å². The number of nitrogens with one attached hydrogen (secondary N) is 2. The second kappa shape index (κ2) is 8.27. The summed E-state index contributed by atoms with van der Waals surface area (Å²) in [6.07, 6.45) is 3.09. The lowest BCUT2D eigenvalue weighted by Crippen LogP contribution is -2.44. The van der Waals surface area contributed by atoms with Gasteiger partial charge in [0.25, 0.3) is 0 Å². The number of para-hydroxylation sites is 1. The van der Waals surface area contributed by atoms with Gasteiger partial charge in [0.1, 0.15) is 11.6 Å². The van der Waals surface area contributed by atoms with E-state index in [9.17, 15) is 8.60 Å². The quantitative estimate of drug-likeness (QED) is 0.786. The SMILES string of the molecule is CNc1c(F)cccc1Nc1nc(N=S(C)(C)=O)cc(N2CCOC[C@H]2C)n1. The first-order valence-corrected chi connectivity index (χ1v) is 11.2. The lowest BCUT2D eigenvalue weighted by molar-refractivity contribution is 0.0985. The van der Waals surface area contributed by atoms with Crippen LogP contribution in [0.2, 0.25) is 0 Å². The lowest BCUT2D eigenvalue weighted by Gasteiger charge is -2.34. The molecule has 2 heterocycles. The van der Waals surface area contributed by atoms with Gasteiger partial charge in [-0.3, -0.25) is 0 Å². The molecule has 0 spiro atoms. The smallest absolute Gasteiger partial charge is 0.231 e. The highest BCUT2D eigenvalue weighted by Gasteiger charge is 2.22. The summed E-state index contributed by atoms with van der Waals surface area (Å²) in [6, 6.07) is 6.53. The summed E-state index contributed by atoms with van der Waals surface area (Å²) in [6.45, 7) is 3.90. The maximum Gasteiger partial charge on any atom is 0.231 e. The molecule has 152 valence electrons. The summed E-state index contributed by atoms with van der Waals surface area (Å²) < 4.78 is 36.0. The van der Waals surface area contributed by atoms with Crippen LogP contribution in [0.15, 0.2) is 28.6 Å². The fraction of sp³-hybridized carbons (Fsp3) is 0.444. The summed E-state index contributed by atoms with van der Waals surface area (Å²) in [4.78, 5) is 11.0. The van der Waals surface area contributed by atoms with E-state index in [4.69, 9.17) is 4.74 Å². The zero-order valence-corrected chi connectivity index (χ0v) is 17.2. The topological polar surface area (TPSA) is 91.7 Å². The predicted octanol–water partition coefficient (Wildman–Crippen LogP) is 2.99. The number of anilines is 4. The summed E-state index contributed by atoms with van der Waals surface area (Å²) in [5, 5.41) is 5.88. The van der Waals surface area contributed by atoms with Crippen molar-refractivity contribution >= 4 is 38.7 Å². The molecule has 0 aliphatic carbocycles. The maximum absolute atomic E-state index is 14.1. The van der Waals surface area contributed by atoms with Gasteiger partial charge in [0.2, 0.25) is 5.95 Å². The van der Waals surface area contributed by atoms with Crippen molar-refractivity contribution < 1.29 is 13.3 Å². The minimum Gasteiger partial charge on any atom is -0.384 e. The first kappa shape index (κ1) is 20.3. The van der Waals surface area contributed by atoms with Crippen molar-refractivity contribution in [1.29, 1.82) is 0 Å². The molecule has 28 heavy (non-hydrogen) atoms. The van der Waals surface area contributed by atoms with Crippen molar-refractivity contribution in [3.8, 4) is 0 Å². The van der Waals surface area contributed by atoms with Crippen LogP contribution in [0.4, 0.5) is 33.3 Å². The summed E-state index contributed by atoms with van der Waals surface area (Å²) in [7, 11) is -0.767. The van der Waals surface area contributed by atoms with Crippen LogP contribution in [0.25, 0.3) is 0 Å². The monoisotopic (exact) mass is 408 g/mol. The van der Waals surface area contributed by atoms with Gasteiger partial charge in [0.05, 0.1) is 30.6 Å². The molecule has 8 nitrogen and oxygen atoms in total. The van der Waals surface area contributed by atoms with Crippen LogP contribution in [0, 0.1) is 5.82 Å². The Morgan fingerprint density at radius 3 is 2.82 bits per heavy atom. The molecule has 1 atom stereocenters. The number of halogens is 1. The molecule has 1 fully saturated rings. The zero-order valence-electron chi connectivity index (χ0n) is 16.4. The average Bonchev–Trinajstić information content (AvgIpc) is 2.60. The van der Waals surface area contributed by atoms with Crippen molar-refractivity contribution in [2.75, 3.05) is 54.9 Å². The van der Waals surface area contributed by atoms with E-state index >= 15 is 0 Å².